The maximum atomic E-state index is 14.4. The van der Waals surface area contributed by atoms with Gasteiger partial charge in [-0.05, 0) is 36.5 Å². The molecule has 0 heterocycles. The number of hydrogen-bond donors (Lipinski definition) is 2. The molecule has 1 amide bonds. The second-order valence-corrected chi connectivity index (χ2v) is 6.08. The van der Waals surface area contributed by atoms with Gasteiger partial charge >= 0.3 is 0 Å². The van der Waals surface area contributed by atoms with E-state index in [2.05, 4.69) is 16.7 Å². The van der Waals surface area contributed by atoms with Crippen molar-refractivity contribution in [1.29, 1.82) is 0 Å². The van der Waals surface area contributed by atoms with Crippen molar-refractivity contribution in [1.82, 2.24) is 0 Å². The Morgan fingerprint density at radius 1 is 1.28 bits per heavy atom. The Labute approximate surface area is 144 Å². The summed E-state index contributed by atoms with van der Waals surface area (Å²) in [6, 6.07) is 10.0. The molecule has 1 aliphatic carbocycles. The average molecular weight is 343 g/mol. The van der Waals surface area contributed by atoms with Crippen LogP contribution in [0, 0.1) is 15.9 Å². The molecule has 130 valence electrons. The van der Waals surface area contributed by atoms with E-state index in [1.54, 1.807) is 0 Å². The van der Waals surface area contributed by atoms with Crippen LogP contribution in [-0.2, 0) is 11.2 Å². The molecule has 1 atom stereocenters. The number of hydrogen-bond acceptors (Lipinski definition) is 4. The van der Waals surface area contributed by atoms with Gasteiger partial charge in [0.05, 0.1) is 22.7 Å². The third kappa shape index (κ3) is 3.60. The van der Waals surface area contributed by atoms with Crippen molar-refractivity contribution >= 4 is 23.0 Å². The van der Waals surface area contributed by atoms with Crippen molar-refractivity contribution in [2.75, 3.05) is 10.6 Å². The first-order valence-electron chi connectivity index (χ1n) is 8.05. The highest BCUT2D eigenvalue weighted by Crippen LogP contribution is 2.36. The van der Waals surface area contributed by atoms with E-state index in [1.807, 2.05) is 18.2 Å². The zero-order valence-electron chi connectivity index (χ0n) is 13.7. The average Bonchev–Trinajstić information content (AvgIpc) is 2.57. The fourth-order valence-electron chi connectivity index (χ4n) is 3.21. The fraction of sp³-hybridized carbons (Fsp3) is 0.278. The van der Waals surface area contributed by atoms with Gasteiger partial charge in [0.2, 0.25) is 5.91 Å². The molecular formula is C18H18FN3O3. The van der Waals surface area contributed by atoms with E-state index in [0.717, 1.165) is 30.9 Å². The molecule has 0 aromatic heterocycles. The van der Waals surface area contributed by atoms with E-state index >= 15 is 0 Å². The van der Waals surface area contributed by atoms with Crippen LogP contribution in [0.4, 0.5) is 21.5 Å². The number of nitrogens with zero attached hydrogens (tertiary/aromatic N) is 1. The first kappa shape index (κ1) is 16.9. The normalized spacial score (nSPS) is 16.0. The highest BCUT2D eigenvalue weighted by Gasteiger charge is 2.24. The van der Waals surface area contributed by atoms with Crippen molar-refractivity contribution in [2.24, 2.45) is 0 Å². The molecular weight excluding hydrogens is 325 g/mol. The highest BCUT2D eigenvalue weighted by molar-refractivity contribution is 5.92. The van der Waals surface area contributed by atoms with Crippen molar-refractivity contribution in [3.8, 4) is 0 Å². The zero-order valence-corrected chi connectivity index (χ0v) is 13.7. The smallest absolute Gasteiger partial charge is 0.295 e. The Bertz CT molecular complexity index is 838. The van der Waals surface area contributed by atoms with Crippen LogP contribution in [0.3, 0.4) is 0 Å². The van der Waals surface area contributed by atoms with E-state index in [0.29, 0.717) is 0 Å². The number of benzene rings is 2. The predicted molar refractivity (Wildman–Crippen MR) is 93.1 cm³/mol. The summed E-state index contributed by atoms with van der Waals surface area (Å²) in [6.07, 6.45) is 2.79. The van der Waals surface area contributed by atoms with Gasteiger partial charge in [0, 0.05) is 6.92 Å². The summed E-state index contributed by atoms with van der Waals surface area (Å²) in [5.41, 5.74) is 1.96. The van der Waals surface area contributed by atoms with Crippen LogP contribution >= 0.6 is 0 Å². The summed E-state index contributed by atoms with van der Waals surface area (Å²) < 4.78 is 14.4. The zero-order chi connectivity index (χ0) is 18.0. The van der Waals surface area contributed by atoms with Gasteiger partial charge < -0.3 is 10.6 Å². The van der Waals surface area contributed by atoms with Crippen LogP contribution in [0.1, 0.15) is 36.9 Å². The molecule has 0 radical (unpaired) electrons. The third-order valence-electron chi connectivity index (χ3n) is 4.29. The molecule has 1 aliphatic rings. The molecule has 2 aromatic carbocycles. The number of aryl methyl sites for hydroxylation is 1. The second kappa shape index (κ2) is 6.88. The molecule has 0 saturated heterocycles. The molecule has 0 saturated carbocycles. The fourth-order valence-corrected chi connectivity index (χ4v) is 3.21. The number of nitrogens with one attached hydrogen (secondary N) is 2. The van der Waals surface area contributed by atoms with Gasteiger partial charge in [0.25, 0.3) is 5.69 Å². The second-order valence-electron chi connectivity index (χ2n) is 6.08. The lowest BCUT2D eigenvalue weighted by Crippen LogP contribution is -2.18. The van der Waals surface area contributed by atoms with Crippen LogP contribution in [0.2, 0.25) is 0 Å². The number of carbonyl (C=O) groups is 1. The van der Waals surface area contributed by atoms with E-state index < -0.39 is 22.3 Å². The molecule has 25 heavy (non-hydrogen) atoms. The number of nitro groups is 1. The quantitative estimate of drug-likeness (QED) is 0.644. The molecule has 0 fully saturated rings. The Morgan fingerprint density at radius 2 is 2.04 bits per heavy atom. The van der Waals surface area contributed by atoms with E-state index in [1.165, 1.54) is 18.6 Å². The topological polar surface area (TPSA) is 84.3 Å². The standard InChI is InChI=1S/C18H18FN3O3/c1-11(23)20-17-10-16(14(19)9-18(17)22(24)25)21-15-8-4-6-12-5-2-3-7-13(12)15/h2-3,5,7,9-10,15,21H,4,6,8H2,1H3,(H,20,23)/t15-/m1/s1. The summed E-state index contributed by atoms with van der Waals surface area (Å²) in [4.78, 5) is 21.7. The Balaban J connectivity index is 1.95. The number of carbonyl (C=O) groups excluding carboxylic acids is 1. The summed E-state index contributed by atoms with van der Waals surface area (Å²) in [5, 5.41) is 16.6. The molecule has 0 aliphatic heterocycles. The SMILES string of the molecule is CC(=O)Nc1cc(N[C@@H]2CCCc3ccccc32)c(F)cc1[N+](=O)[O-]. The van der Waals surface area contributed by atoms with Crippen LogP contribution in [0.25, 0.3) is 0 Å². The number of halogens is 1. The first-order valence-corrected chi connectivity index (χ1v) is 8.05. The molecule has 0 bridgehead atoms. The van der Waals surface area contributed by atoms with Crippen LogP contribution in [-0.4, -0.2) is 10.8 Å². The van der Waals surface area contributed by atoms with Crippen LogP contribution < -0.4 is 10.6 Å². The van der Waals surface area contributed by atoms with Crippen LogP contribution in [0.5, 0.6) is 0 Å². The Hall–Kier alpha value is -2.96. The first-order chi connectivity index (χ1) is 12.0. The van der Waals surface area contributed by atoms with Crippen molar-refractivity contribution < 1.29 is 14.1 Å². The lowest BCUT2D eigenvalue weighted by atomic mass is 9.87. The summed E-state index contributed by atoms with van der Waals surface area (Å²) in [5.74, 6) is -1.17. The number of fused-ring (bicyclic) bond motifs is 1. The lowest BCUT2D eigenvalue weighted by Gasteiger charge is -2.27. The molecule has 2 N–H and O–H groups in total. The Morgan fingerprint density at radius 3 is 2.76 bits per heavy atom. The van der Waals surface area contributed by atoms with Gasteiger partial charge in [0.1, 0.15) is 5.69 Å². The number of nitro benzene ring substituents is 1. The molecule has 0 spiro atoms. The summed E-state index contributed by atoms with van der Waals surface area (Å²) in [6.45, 7) is 1.25. The Kier molecular flexibility index (Phi) is 4.65. The number of amides is 1. The minimum atomic E-state index is -0.719. The number of anilines is 2. The van der Waals surface area contributed by atoms with Gasteiger partial charge in [-0.15, -0.1) is 0 Å². The van der Waals surface area contributed by atoms with E-state index in [9.17, 15) is 19.3 Å². The van der Waals surface area contributed by atoms with Crippen LogP contribution in [0.15, 0.2) is 36.4 Å². The molecule has 7 heteroatoms. The largest absolute Gasteiger partial charge is 0.376 e. The lowest BCUT2D eigenvalue weighted by molar-refractivity contribution is -0.384. The van der Waals surface area contributed by atoms with Gasteiger partial charge in [0.15, 0.2) is 5.82 Å². The van der Waals surface area contributed by atoms with Crippen molar-refractivity contribution in [3.05, 3.63) is 63.5 Å². The summed E-state index contributed by atoms with van der Waals surface area (Å²) >= 11 is 0. The van der Waals surface area contributed by atoms with Gasteiger partial charge in [-0.1, -0.05) is 24.3 Å². The minimum absolute atomic E-state index is 0.0227. The van der Waals surface area contributed by atoms with Gasteiger partial charge in [-0.3, -0.25) is 14.9 Å². The predicted octanol–water partition coefficient (Wildman–Crippen LogP) is 4.18. The molecule has 2 aromatic rings. The molecule has 6 nitrogen and oxygen atoms in total. The maximum absolute atomic E-state index is 14.4. The molecule has 3 rings (SSSR count). The summed E-state index contributed by atoms with van der Waals surface area (Å²) in [7, 11) is 0. The third-order valence-corrected chi connectivity index (χ3v) is 4.29. The van der Waals surface area contributed by atoms with Gasteiger partial charge in [-0.25, -0.2) is 4.39 Å². The molecule has 0 unspecified atom stereocenters. The number of rotatable bonds is 4. The van der Waals surface area contributed by atoms with Crippen molar-refractivity contribution in [2.45, 2.75) is 32.2 Å². The monoisotopic (exact) mass is 343 g/mol. The highest BCUT2D eigenvalue weighted by atomic mass is 19.1. The van der Waals surface area contributed by atoms with E-state index in [4.69, 9.17) is 0 Å². The minimum Gasteiger partial charge on any atom is -0.376 e. The van der Waals surface area contributed by atoms with Gasteiger partial charge in [-0.2, -0.15) is 0 Å². The maximum Gasteiger partial charge on any atom is 0.295 e. The van der Waals surface area contributed by atoms with Crippen molar-refractivity contribution in [3.63, 3.8) is 0 Å². The van der Waals surface area contributed by atoms with E-state index in [-0.39, 0.29) is 17.4 Å².